The van der Waals surface area contributed by atoms with E-state index in [1.807, 2.05) is 0 Å². The van der Waals surface area contributed by atoms with Crippen LogP contribution in [-0.4, -0.2) is 26.7 Å². The van der Waals surface area contributed by atoms with Crippen molar-refractivity contribution in [1.82, 2.24) is 0 Å². The molecule has 0 saturated carbocycles. The third-order valence-electron chi connectivity index (χ3n) is 4.93. The number of nitrogens with one attached hydrogen (secondary N) is 1. The molecule has 0 unspecified atom stereocenters. The topological polar surface area (TPSA) is 87.0 Å². The molecule has 7 nitrogen and oxygen atoms in total. The fraction of sp³-hybridized carbons (Fsp3) is 0.120. The summed E-state index contributed by atoms with van der Waals surface area (Å²) in [6.07, 6.45) is 0. The van der Waals surface area contributed by atoms with Gasteiger partial charge in [0.05, 0.1) is 19.6 Å². The van der Waals surface area contributed by atoms with Crippen LogP contribution in [-0.2, 0) is 4.79 Å². The van der Waals surface area contributed by atoms with Crippen LogP contribution in [0.5, 0.6) is 17.2 Å². The number of amides is 1. The zero-order chi connectivity index (χ0) is 24.2. The van der Waals surface area contributed by atoms with E-state index in [2.05, 4.69) is 5.32 Å². The summed E-state index contributed by atoms with van der Waals surface area (Å²) >= 11 is 11.9. The molecule has 174 valence electrons. The van der Waals surface area contributed by atoms with Crippen molar-refractivity contribution in [1.29, 1.82) is 0 Å². The Kier molecular flexibility index (Phi) is 6.95. The number of anilines is 1. The lowest BCUT2D eigenvalue weighted by Crippen LogP contribution is -2.22. The molecule has 0 radical (unpaired) electrons. The van der Waals surface area contributed by atoms with E-state index in [0.29, 0.717) is 38.4 Å². The summed E-state index contributed by atoms with van der Waals surface area (Å²) in [6, 6.07) is 16.3. The molecule has 0 aliphatic heterocycles. The lowest BCUT2D eigenvalue weighted by atomic mass is 10.1. The van der Waals surface area contributed by atoms with Crippen molar-refractivity contribution in [3.63, 3.8) is 0 Å². The summed E-state index contributed by atoms with van der Waals surface area (Å²) < 4.78 is 22.4. The van der Waals surface area contributed by atoms with Gasteiger partial charge < -0.3 is 23.9 Å². The molecular formula is C25H19Cl2NO6. The van der Waals surface area contributed by atoms with Crippen LogP contribution in [0.25, 0.3) is 22.3 Å². The van der Waals surface area contributed by atoms with Gasteiger partial charge in [-0.1, -0.05) is 23.2 Å². The second kappa shape index (κ2) is 10.1. The fourth-order valence-corrected chi connectivity index (χ4v) is 3.62. The molecule has 0 saturated heterocycles. The number of ether oxygens (including phenoxy) is 3. The van der Waals surface area contributed by atoms with Crippen molar-refractivity contribution in [2.75, 3.05) is 26.1 Å². The van der Waals surface area contributed by atoms with Gasteiger partial charge in [-0.2, -0.15) is 0 Å². The van der Waals surface area contributed by atoms with E-state index in [1.165, 1.54) is 20.3 Å². The molecule has 0 aliphatic rings. The van der Waals surface area contributed by atoms with Crippen molar-refractivity contribution in [3.8, 4) is 28.6 Å². The monoisotopic (exact) mass is 499 g/mol. The molecule has 0 atom stereocenters. The van der Waals surface area contributed by atoms with Crippen molar-refractivity contribution >= 4 is 45.8 Å². The van der Waals surface area contributed by atoms with Gasteiger partial charge in [0, 0.05) is 21.3 Å². The first-order valence-corrected chi connectivity index (χ1v) is 10.8. The molecule has 1 N–H and O–H groups in total. The summed E-state index contributed by atoms with van der Waals surface area (Å²) in [5.74, 6) is 0.482. The minimum absolute atomic E-state index is 0.131. The number of rotatable bonds is 7. The Morgan fingerprint density at radius 3 is 2.32 bits per heavy atom. The minimum Gasteiger partial charge on any atom is -0.493 e. The first kappa shape index (κ1) is 23.5. The van der Waals surface area contributed by atoms with Gasteiger partial charge in [-0.15, -0.1) is 0 Å². The molecule has 4 rings (SSSR count). The van der Waals surface area contributed by atoms with Gasteiger partial charge in [0.2, 0.25) is 11.2 Å². The van der Waals surface area contributed by atoms with Gasteiger partial charge in [0.25, 0.3) is 5.91 Å². The number of carbonyl (C=O) groups is 1. The predicted octanol–water partition coefficient (Wildman–Crippen LogP) is 5.80. The van der Waals surface area contributed by atoms with Crippen LogP contribution in [0, 0.1) is 0 Å². The SMILES string of the molecule is COc1ccc(-c2oc3ccc(Cl)cc3c(=O)c2OCC(=O)Nc2ccc(Cl)cc2)cc1OC. The Labute approximate surface area is 204 Å². The second-order valence-electron chi connectivity index (χ2n) is 7.14. The van der Waals surface area contributed by atoms with Crippen molar-refractivity contribution in [2.45, 2.75) is 0 Å². The van der Waals surface area contributed by atoms with Gasteiger partial charge in [0.15, 0.2) is 23.9 Å². The van der Waals surface area contributed by atoms with Crippen LogP contribution < -0.4 is 25.0 Å². The molecular weight excluding hydrogens is 481 g/mol. The molecule has 1 heterocycles. The first-order valence-electron chi connectivity index (χ1n) is 10.1. The summed E-state index contributed by atoms with van der Waals surface area (Å²) in [5.41, 5.74) is 0.889. The lowest BCUT2D eigenvalue weighted by Gasteiger charge is -2.14. The van der Waals surface area contributed by atoms with Crippen LogP contribution in [0.3, 0.4) is 0 Å². The van der Waals surface area contributed by atoms with E-state index in [4.69, 9.17) is 41.8 Å². The zero-order valence-electron chi connectivity index (χ0n) is 18.2. The van der Waals surface area contributed by atoms with Crippen LogP contribution in [0.1, 0.15) is 0 Å². The van der Waals surface area contributed by atoms with Gasteiger partial charge in [0.1, 0.15) is 5.58 Å². The highest BCUT2D eigenvalue weighted by Gasteiger charge is 2.20. The molecule has 3 aromatic carbocycles. The highest BCUT2D eigenvalue weighted by Crippen LogP contribution is 2.37. The van der Waals surface area contributed by atoms with Gasteiger partial charge in [-0.25, -0.2) is 0 Å². The number of fused-ring (bicyclic) bond motifs is 1. The third-order valence-corrected chi connectivity index (χ3v) is 5.42. The fourth-order valence-electron chi connectivity index (χ4n) is 3.32. The maximum absolute atomic E-state index is 13.3. The number of hydrogen-bond donors (Lipinski definition) is 1. The molecule has 0 bridgehead atoms. The van der Waals surface area contributed by atoms with Crippen molar-refractivity contribution in [3.05, 3.63) is 80.9 Å². The Bertz CT molecular complexity index is 1420. The first-order chi connectivity index (χ1) is 16.4. The van der Waals surface area contributed by atoms with Gasteiger partial charge in [-0.05, 0) is 60.7 Å². The average molecular weight is 500 g/mol. The molecule has 34 heavy (non-hydrogen) atoms. The average Bonchev–Trinajstić information content (AvgIpc) is 2.84. The molecule has 4 aromatic rings. The highest BCUT2D eigenvalue weighted by atomic mass is 35.5. The van der Waals surface area contributed by atoms with Crippen molar-refractivity contribution < 1.29 is 23.4 Å². The molecule has 0 aliphatic carbocycles. The smallest absolute Gasteiger partial charge is 0.262 e. The Balaban J connectivity index is 1.73. The van der Waals surface area contributed by atoms with E-state index < -0.39 is 17.9 Å². The number of hydrogen-bond acceptors (Lipinski definition) is 6. The van der Waals surface area contributed by atoms with E-state index in [-0.39, 0.29) is 16.9 Å². The largest absolute Gasteiger partial charge is 0.493 e. The summed E-state index contributed by atoms with van der Waals surface area (Å²) in [5, 5.41) is 3.82. The Hall–Kier alpha value is -3.68. The number of carbonyl (C=O) groups excluding carboxylic acids is 1. The maximum Gasteiger partial charge on any atom is 0.262 e. The maximum atomic E-state index is 13.3. The van der Waals surface area contributed by atoms with E-state index in [0.717, 1.165) is 0 Å². The predicted molar refractivity (Wildman–Crippen MR) is 132 cm³/mol. The molecule has 0 fully saturated rings. The summed E-state index contributed by atoms with van der Waals surface area (Å²) in [7, 11) is 3.02. The van der Waals surface area contributed by atoms with Crippen molar-refractivity contribution in [2.24, 2.45) is 0 Å². The van der Waals surface area contributed by atoms with Crippen LogP contribution in [0.15, 0.2) is 69.9 Å². The summed E-state index contributed by atoms with van der Waals surface area (Å²) in [6.45, 7) is -0.431. The minimum atomic E-state index is -0.467. The van der Waals surface area contributed by atoms with E-state index >= 15 is 0 Å². The highest BCUT2D eigenvalue weighted by molar-refractivity contribution is 6.31. The number of benzene rings is 3. The van der Waals surface area contributed by atoms with E-state index in [9.17, 15) is 9.59 Å². The summed E-state index contributed by atoms with van der Waals surface area (Å²) in [4.78, 5) is 25.8. The molecule has 9 heteroatoms. The Morgan fingerprint density at radius 1 is 0.912 bits per heavy atom. The number of methoxy groups -OCH3 is 2. The van der Waals surface area contributed by atoms with Gasteiger partial charge >= 0.3 is 0 Å². The number of halogens is 2. The van der Waals surface area contributed by atoms with Crippen LogP contribution >= 0.6 is 23.2 Å². The normalized spacial score (nSPS) is 10.7. The Morgan fingerprint density at radius 2 is 1.62 bits per heavy atom. The third kappa shape index (κ3) is 4.95. The zero-order valence-corrected chi connectivity index (χ0v) is 19.7. The quantitative estimate of drug-likeness (QED) is 0.345. The lowest BCUT2D eigenvalue weighted by molar-refractivity contribution is -0.118. The standard InChI is InChI=1S/C25H19Cl2NO6/c1-31-20-9-3-14(11-21(20)32-2)24-25(23(30)18-12-16(27)6-10-19(18)34-24)33-13-22(29)28-17-7-4-15(26)5-8-17/h3-12H,13H2,1-2H3,(H,28,29). The molecule has 0 spiro atoms. The molecule has 1 aromatic heterocycles. The second-order valence-corrected chi connectivity index (χ2v) is 8.02. The van der Waals surface area contributed by atoms with Gasteiger partial charge in [-0.3, -0.25) is 9.59 Å². The van der Waals surface area contributed by atoms with Crippen LogP contribution in [0.2, 0.25) is 10.0 Å². The van der Waals surface area contributed by atoms with Crippen LogP contribution in [0.4, 0.5) is 5.69 Å². The van der Waals surface area contributed by atoms with E-state index in [1.54, 1.807) is 54.6 Å². The molecule has 1 amide bonds.